The van der Waals surface area contributed by atoms with Gasteiger partial charge < -0.3 is 10.4 Å². The zero-order valence-electron chi connectivity index (χ0n) is 13.5. The first-order chi connectivity index (χ1) is 10.4. The number of hydrogen-bond donors (Lipinski definition) is 2. The SMILES string of the molecule is CC(C)(C)CC[C@H](NCc1cccc2cccnc12)C(=O)O. The molecule has 1 aromatic carbocycles. The summed E-state index contributed by atoms with van der Waals surface area (Å²) in [5.74, 6) is -0.794. The van der Waals surface area contributed by atoms with Crippen LogP contribution in [0.5, 0.6) is 0 Å². The number of pyridine rings is 1. The van der Waals surface area contributed by atoms with E-state index in [0.29, 0.717) is 13.0 Å². The fourth-order valence-corrected chi connectivity index (χ4v) is 2.43. The van der Waals surface area contributed by atoms with E-state index in [1.807, 2.05) is 30.3 Å². The molecule has 22 heavy (non-hydrogen) atoms. The highest BCUT2D eigenvalue weighted by Gasteiger charge is 2.20. The molecule has 0 saturated heterocycles. The molecule has 0 radical (unpaired) electrons. The molecule has 2 rings (SSSR count). The number of aliphatic carboxylic acids is 1. The van der Waals surface area contributed by atoms with Crippen molar-refractivity contribution in [3.8, 4) is 0 Å². The molecule has 4 nitrogen and oxygen atoms in total. The normalized spacial score (nSPS) is 13.2. The van der Waals surface area contributed by atoms with Gasteiger partial charge in [-0.2, -0.15) is 0 Å². The minimum absolute atomic E-state index is 0.135. The maximum atomic E-state index is 11.4. The molecule has 1 heterocycles. The molecule has 1 atom stereocenters. The van der Waals surface area contributed by atoms with Gasteiger partial charge in [0.2, 0.25) is 0 Å². The minimum atomic E-state index is -0.794. The quantitative estimate of drug-likeness (QED) is 0.855. The van der Waals surface area contributed by atoms with Crippen LogP contribution in [0, 0.1) is 5.41 Å². The predicted octanol–water partition coefficient (Wildman–Crippen LogP) is 3.60. The molecule has 2 N–H and O–H groups in total. The van der Waals surface area contributed by atoms with Crippen molar-refractivity contribution in [3.63, 3.8) is 0 Å². The zero-order chi connectivity index (χ0) is 16.2. The van der Waals surface area contributed by atoms with Gasteiger partial charge in [-0.05, 0) is 29.9 Å². The molecule has 4 heteroatoms. The summed E-state index contributed by atoms with van der Waals surface area (Å²) in [6.07, 6.45) is 3.25. The Morgan fingerprint density at radius 2 is 2.00 bits per heavy atom. The van der Waals surface area contributed by atoms with Crippen LogP contribution in [0.1, 0.15) is 39.2 Å². The lowest BCUT2D eigenvalue weighted by molar-refractivity contribution is -0.139. The van der Waals surface area contributed by atoms with E-state index in [0.717, 1.165) is 22.9 Å². The lowest BCUT2D eigenvalue weighted by atomic mass is 9.88. The van der Waals surface area contributed by atoms with Gasteiger partial charge in [0.15, 0.2) is 0 Å². The monoisotopic (exact) mass is 300 g/mol. The van der Waals surface area contributed by atoms with Crippen molar-refractivity contribution in [1.29, 1.82) is 0 Å². The van der Waals surface area contributed by atoms with Gasteiger partial charge in [-0.25, -0.2) is 0 Å². The Balaban J connectivity index is 2.06. The van der Waals surface area contributed by atoms with Crippen LogP contribution in [0.25, 0.3) is 10.9 Å². The molecule has 0 aliphatic heterocycles. The summed E-state index contributed by atoms with van der Waals surface area (Å²) in [4.78, 5) is 15.8. The number of carboxylic acid groups (broad SMARTS) is 1. The van der Waals surface area contributed by atoms with Crippen LogP contribution in [0.4, 0.5) is 0 Å². The Hall–Kier alpha value is -1.94. The number of benzene rings is 1. The van der Waals surface area contributed by atoms with Gasteiger partial charge in [0.05, 0.1) is 5.52 Å². The standard InChI is InChI=1S/C18H24N2O2/c1-18(2,3)10-9-15(17(21)22)20-12-14-7-4-6-13-8-5-11-19-16(13)14/h4-8,11,15,20H,9-10,12H2,1-3H3,(H,21,22)/t15-/m0/s1. The second-order valence-electron chi connectivity index (χ2n) is 6.86. The van der Waals surface area contributed by atoms with E-state index in [2.05, 4.69) is 31.1 Å². The number of fused-ring (bicyclic) bond motifs is 1. The first-order valence-electron chi connectivity index (χ1n) is 7.66. The molecule has 0 aliphatic rings. The third-order valence-electron chi connectivity index (χ3n) is 3.74. The summed E-state index contributed by atoms with van der Waals surface area (Å²) in [6, 6.07) is 9.37. The molecular weight excluding hydrogens is 276 g/mol. The lowest BCUT2D eigenvalue weighted by Gasteiger charge is -2.21. The summed E-state index contributed by atoms with van der Waals surface area (Å²) in [5.41, 5.74) is 2.09. The first-order valence-corrected chi connectivity index (χ1v) is 7.66. The van der Waals surface area contributed by atoms with Gasteiger partial charge in [-0.3, -0.25) is 9.78 Å². The van der Waals surface area contributed by atoms with Crippen LogP contribution >= 0.6 is 0 Å². The first kappa shape index (κ1) is 16.4. The smallest absolute Gasteiger partial charge is 0.320 e. The van der Waals surface area contributed by atoms with E-state index in [1.54, 1.807) is 6.20 Å². The summed E-state index contributed by atoms with van der Waals surface area (Å²) >= 11 is 0. The molecule has 1 aromatic heterocycles. The Labute approximate surface area is 131 Å². The number of para-hydroxylation sites is 1. The maximum absolute atomic E-state index is 11.4. The minimum Gasteiger partial charge on any atom is -0.480 e. The van der Waals surface area contributed by atoms with Gasteiger partial charge in [-0.1, -0.05) is 45.0 Å². The zero-order valence-corrected chi connectivity index (χ0v) is 13.5. The van der Waals surface area contributed by atoms with Crippen molar-refractivity contribution in [2.75, 3.05) is 0 Å². The van der Waals surface area contributed by atoms with E-state index in [9.17, 15) is 9.90 Å². The van der Waals surface area contributed by atoms with Crippen LogP contribution < -0.4 is 5.32 Å². The Bertz CT molecular complexity index is 642. The summed E-state index contributed by atoms with van der Waals surface area (Å²) in [5, 5.41) is 13.6. The van der Waals surface area contributed by atoms with Crippen molar-refractivity contribution >= 4 is 16.9 Å². The summed E-state index contributed by atoms with van der Waals surface area (Å²) in [6.45, 7) is 6.89. The number of nitrogens with one attached hydrogen (secondary N) is 1. The molecule has 2 aromatic rings. The average molecular weight is 300 g/mol. The third kappa shape index (κ3) is 4.53. The Morgan fingerprint density at radius 1 is 1.27 bits per heavy atom. The maximum Gasteiger partial charge on any atom is 0.320 e. The molecule has 0 aliphatic carbocycles. The highest BCUT2D eigenvalue weighted by atomic mass is 16.4. The molecule has 0 saturated carbocycles. The highest BCUT2D eigenvalue weighted by Crippen LogP contribution is 2.22. The molecule has 0 unspecified atom stereocenters. The Kier molecular flexibility index (Phi) is 5.14. The topological polar surface area (TPSA) is 62.2 Å². The second kappa shape index (κ2) is 6.88. The van der Waals surface area contributed by atoms with Crippen LogP contribution in [-0.2, 0) is 11.3 Å². The molecule has 0 amide bonds. The number of hydrogen-bond acceptors (Lipinski definition) is 3. The van der Waals surface area contributed by atoms with Gasteiger partial charge in [0.1, 0.15) is 6.04 Å². The molecule has 118 valence electrons. The van der Waals surface area contributed by atoms with Gasteiger partial charge in [-0.15, -0.1) is 0 Å². The predicted molar refractivity (Wildman–Crippen MR) is 88.7 cm³/mol. The number of nitrogens with zero attached hydrogens (tertiary/aromatic N) is 1. The van der Waals surface area contributed by atoms with E-state index >= 15 is 0 Å². The highest BCUT2D eigenvalue weighted by molar-refractivity contribution is 5.81. The van der Waals surface area contributed by atoms with Gasteiger partial charge in [0.25, 0.3) is 0 Å². The van der Waals surface area contributed by atoms with Crippen LogP contribution in [0.15, 0.2) is 36.5 Å². The van der Waals surface area contributed by atoms with E-state index in [-0.39, 0.29) is 5.41 Å². The summed E-state index contributed by atoms with van der Waals surface area (Å²) < 4.78 is 0. The van der Waals surface area contributed by atoms with Crippen LogP contribution in [0.2, 0.25) is 0 Å². The largest absolute Gasteiger partial charge is 0.480 e. The van der Waals surface area contributed by atoms with Crippen LogP contribution in [-0.4, -0.2) is 22.1 Å². The molecule has 0 bridgehead atoms. The van der Waals surface area contributed by atoms with Crippen molar-refractivity contribution in [1.82, 2.24) is 10.3 Å². The van der Waals surface area contributed by atoms with E-state index < -0.39 is 12.0 Å². The average Bonchev–Trinajstić information content (AvgIpc) is 2.45. The number of carbonyl (C=O) groups is 1. The van der Waals surface area contributed by atoms with Crippen molar-refractivity contribution < 1.29 is 9.90 Å². The molecular formula is C18H24N2O2. The fraction of sp³-hybridized carbons (Fsp3) is 0.444. The number of aromatic nitrogens is 1. The summed E-state index contributed by atoms with van der Waals surface area (Å²) in [7, 11) is 0. The van der Waals surface area contributed by atoms with Crippen molar-refractivity contribution in [2.45, 2.75) is 46.2 Å². The van der Waals surface area contributed by atoms with E-state index in [4.69, 9.17) is 0 Å². The number of carboxylic acids is 1. The third-order valence-corrected chi connectivity index (χ3v) is 3.74. The second-order valence-corrected chi connectivity index (χ2v) is 6.86. The number of rotatable bonds is 6. The van der Waals surface area contributed by atoms with Crippen LogP contribution in [0.3, 0.4) is 0 Å². The van der Waals surface area contributed by atoms with Crippen molar-refractivity contribution in [2.24, 2.45) is 5.41 Å². The molecule has 0 spiro atoms. The van der Waals surface area contributed by atoms with Gasteiger partial charge >= 0.3 is 5.97 Å². The fourth-order valence-electron chi connectivity index (χ4n) is 2.43. The van der Waals surface area contributed by atoms with Gasteiger partial charge in [0, 0.05) is 18.1 Å². The molecule has 0 fully saturated rings. The van der Waals surface area contributed by atoms with Crippen molar-refractivity contribution in [3.05, 3.63) is 42.1 Å². The lowest BCUT2D eigenvalue weighted by Crippen LogP contribution is -2.37. The Morgan fingerprint density at radius 3 is 2.68 bits per heavy atom. The van der Waals surface area contributed by atoms with E-state index in [1.165, 1.54) is 0 Å².